The summed E-state index contributed by atoms with van der Waals surface area (Å²) in [5.74, 6) is 2.31. The van der Waals surface area contributed by atoms with Gasteiger partial charge in [0.1, 0.15) is 28.6 Å². The number of ether oxygens (including phenoxy) is 1. The number of phenolic OH excluding ortho intramolecular Hbond substituents is 1. The van der Waals surface area contributed by atoms with Gasteiger partial charge in [0.25, 0.3) is 0 Å². The summed E-state index contributed by atoms with van der Waals surface area (Å²) in [6, 6.07) is 6.34. The Balaban J connectivity index is 1.28. The highest BCUT2D eigenvalue weighted by molar-refractivity contribution is 6.03. The van der Waals surface area contributed by atoms with Crippen LogP contribution in [0.5, 0.6) is 11.8 Å². The van der Waals surface area contributed by atoms with Gasteiger partial charge in [-0.05, 0) is 74.7 Å². The van der Waals surface area contributed by atoms with E-state index in [-0.39, 0.29) is 34.1 Å². The number of piperazine rings is 1. The van der Waals surface area contributed by atoms with E-state index >= 15 is 4.39 Å². The molecule has 3 fully saturated rings. The normalized spacial score (nSPS) is 20.8. The van der Waals surface area contributed by atoms with Gasteiger partial charge in [0, 0.05) is 48.9 Å². The quantitative estimate of drug-likeness (QED) is 0.220. The molecule has 2 aromatic heterocycles. The first-order chi connectivity index (χ1) is 21.4. The first-order valence-corrected chi connectivity index (χ1v) is 15.5. The summed E-state index contributed by atoms with van der Waals surface area (Å²) in [5, 5.41) is 15.4. The van der Waals surface area contributed by atoms with Gasteiger partial charge >= 0.3 is 6.01 Å². The van der Waals surface area contributed by atoms with Gasteiger partial charge in [-0.25, -0.2) is 8.78 Å². The molecule has 0 radical (unpaired) electrons. The minimum atomic E-state index is -0.712. The molecule has 2 atom stereocenters. The number of aromatic nitrogens is 3. The van der Waals surface area contributed by atoms with Gasteiger partial charge in [-0.3, -0.25) is 4.98 Å². The molecular weight excluding hydrogens is 562 g/mol. The summed E-state index contributed by atoms with van der Waals surface area (Å²) in [6.07, 6.45) is 12.6. The van der Waals surface area contributed by atoms with E-state index in [0.717, 1.165) is 57.9 Å². The summed E-state index contributed by atoms with van der Waals surface area (Å²) in [7, 11) is 0. The zero-order chi connectivity index (χ0) is 30.4. The van der Waals surface area contributed by atoms with Gasteiger partial charge in [-0.2, -0.15) is 9.97 Å². The Labute approximate surface area is 255 Å². The first-order valence-electron chi connectivity index (χ1n) is 15.5. The highest BCUT2D eigenvalue weighted by Gasteiger charge is 2.34. The van der Waals surface area contributed by atoms with Gasteiger partial charge in [-0.15, -0.1) is 6.42 Å². The van der Waals surface area contributed by atoms with Crippen molar-refractivity contribution in [2.24, 2.45) is 5.92 Å². The molecule has 3 aliphatic heterocycles. The van der Waals surface area contributed by atoms with Crippen LogP contribution in [0.2, 0.25) is 0 Å². The second-order valence-corrected chi connectivity index (χ2v) is 12.4. The lowest BCUT2D eigenvalue weighted by Gasteiger charge is -2.34. The average Bonchev–Trinajstić information content (AvgIpc) is 3.37. The van der Waals surface area contributed by atoms with Crippen molar-refractivity contribution in [3.63, 3.8) is 0 Å². The molecule has 44 heavy (non-hydrogen) atoms. The van der Waals surface area contributed by atoms with Crippen LogP contribution < -0.4 is 15.0 Å². The molecule has 8 nitrogen and oxygen atoms in total. The van der Waals surface area contributed by atoms with Gasteiger partial charge in [-0.1, -0.05) is 18.9 Å². The number of likely N-dealkylation sites (tertiary alicyclic amines) is 1. The van der Waals surface area contributed by atoms with Crippen LogP contribution in [0.15, 0.2) is 30.5 Å². The third-order valence-corrected chi connectivity index (χ3v) is 9.34. The number of benzene rings is 2. The minimum Gasteiger partial charge on any atom is -0.508 e. The maximum atomic E-state index is 16.6. The molecule has 2 N–H and O–H groups in total. The summed E-state index contributed by atoms with van der Waals surface area (Å²) in [6.45, 7) is 7.30. The fourth-order valence-electron chi connectivity index (χ4n) is 6.97. The largest absolute Gasteiger partial charge is 0.508 e. The van der Waals surface area contributed by atoms with Crippen LogP contribution in [0.4, 0.5) is 14.6 Å². The Kier molecular flexibility index (Phi) is 7.69. The molecule has 2 aromatic carbocycles. The Morgan fingerprint density at radius 2 is 1.86 bits per heavy atom. The van der Waals surface area contributed by atoms with E-state index in [1.165, 1.54) is 37.1 Å². The van der Waals surface area contributed by atoms with Crippen molar-refractivity contribution in [1.29, 1.82) is 0 Å². The third-order valence-electron chi connectivity index (χ3n) is 9.34. The van der Waals surface area contributed by atoms with E-state index in [1.807, 2.05) is 0 Å². The molecule has 10 heteroatoms. The molecule has 0 saturated carbocycles. The van der Waals surface area contributed by atoms with Crippen LogP contribution in [-0.4, -0.2) is 76.4 Å². The van der Waals surface area contributed by atoms with Crippen molar-refractivity contribution in [3.05, 3.63) is 47.7 Å². The van der Waals surface area contributed by atoms with Crippen LogP contribution in [0.1, 0.15) is 44.6 Å². The molecule has 0 amide bonds. The van der Waals surface area contributed by atoms with Crippen molar-refractivity contribution < 1.29 is 18.6 Å². The predicted molar refractivity (Wildman–Crippen MR) is 167 cm³/mol. The lowest BCUT2D eigenvalue weighted by Crippen LogP contribution is -2.51. The molecule has 3 aliphatic rings. The minimum absolute atomic E-state index is 0.0225. The summed E-state index contributed by atoms with van der Waals surface area (Å²) in [5.41, 5.74) is 0.132. The van der Waals surface area contributed by atoms with E-state index in [9.17, 15) is 9.50 Å². The molecule has 3 saturated heterocycles. The van der Waals surface area contributed by atoms with Crippen LogP contribution in [-0.2, 0) is 0 Å². The molecular formula is C34H36F2N6O2. The van der Waals surface area contributed by atoms with E-state index < -0.39 is 11.6 Å². The molecule has 5 heterocycles. The highest BCUT2D eigenvalue weighted by atomic mass is 19.1. The van der Waals surface area contributed by atoms with E-state index in [2.05, 4.69) is 37.9 Å². The number of hydrogen-bond acceptors (Lipinski definition) is 8. The maximum absolute atomic E-state index is 16.6. The SMILES string of the molecule is C#Cc1c(F)ccc2cc(O)cc(-c3ncc4c(N5CC6CCC(C5)N6)nc(OCCCN5CCC(C)CC5)nc4c3F)c12. The number of hydrogen-bond donors (Lipinski definition) is 2. The Hall–Kier alpha value is -4.07. The van der Waals surface area contributed by atoms with Crippen molar-refractivity contribution >= 4 is 27.5 Å². The number of rotatable bonds is 7. The average molecular weight is 599 g/mol. The van der Waals surface area contributed by atoms with Crippen molar-refractivity contribution in [2.45, 2.75) is 51.1 Å². The number of halogens is 2. The number of phenols is 1. The van der Waals surface area contributed by atoms with E-state index in [0.29, 0.717) is 40.7 Å². The molecule has 0 spiro atoms. The van der Waals surface area contributed by atoms with Gasteiger partial charge in [0.2, 0.25) is 0 Å². The van der Waals surface area contributed by atoms with E-state index in [4.69, 9.17) is 16.1 Å². The van der Waals surface area contributed by atoms with Crippen LogP contribution in [0.3, 0.4) is 0 Å². The summed E-state index contributed by atoms with van der Waals surface area (Å²) in [4.78, 5) is 18.5. The fraction of sp³-hybridized carbons (Fsp3) is 0.441. The number of piperidine rings is 1. The number of aromatic hydroxyl groups is 1. The Bertz CT molecular complexity index is 1760. The topological polar surface area (TPSA) is 86.6 Å². The maximum Gasteiger partial charge on any atom is 0.319 e. The van der Waals surface area contributed by atoms with Crippen LogP contribution in [0.25, 0.3) is 32.9 Å². The highest BCUT2D eigenvalue weighted by Crippen LogP contribution is 2.39. The number of fused-ring (bicyclic) bond motifs is 4. The third kappa shape index (κ3) is 5.39. The van der Waals surface area contributed by atoms with Crippen molar-refractivity contribution in [3.8, 4) is 35.4 Å². The van der Waals surface area contributed by atoms with Gasteiger partial charge in [0.05, 0.1) is 17.6 Å². The van der Waals surface area contributed by atoms with Crippen LogP contribution >= 0.6 is 0 Å². The lowest BCUT2D eigenvalue weighted by atomic mass is 9.96. The Morgan fingerprint density at radius 1 is 1.09 bits per heavy atom. The number of terminal acetylenes is 1. The van der Waals surface area contributed by atoms with Crippen LogP contribution in [0, 0.1) is 29.9 Å². The Morgan fingerprint density at radius 3 is 2.61 bits per heavy atom. The zero-order valence-corrected chi connectivity index (χ0v) is 24.8. The summed E-state index contributed by atoms with van der Waals surface area (Å²) < 4.78 is 37.5. The monoisotopic (exact) mass is 598 g/mol. The van der Waals surface area contributed by atoms with Crippen molar-refractivity contribution in [2.75, 3.05) is 44.2 Å². The number of nitrogens with one attached hydrogen (secondary N) is 1. The number of pyridine rings is 1. The van der Waals surface area contributed by atoms with E-state index in [1.54, 1.807) is 6.20 Å². The second kappa shape index (κ2) is 11.8. The molecule has 228 valence electrons. The van der Waals surface area contributed by atoms with Gasteiger partial charge in [0.15, 0.2) is 5.82 Å². The van der Waals surface area contributed by atoms with Gasteiger partial charge < -0.3 is 25.0 Å². The predicted octanol–water partition coefficient (Wildman–Crippen LogP) is 5.25. The second-order valence-electron chi connectivity index (χ2n) is 12.4. The summed E-state index contributed by atoms with van der Waals surface area (Å²) >= 11 is 0. The zero-order valence-electron chi connectivity index (χ0n) is 24.8. The first kappa shape index (κ1) is 28.7. The molecule has 0 aliphatic carbocycles. The number of anilines is 1. The molecule has 2 bridgehead atoms. The smallest absolute Gasteiger partial charge is 0.319 e. The molecule has 2 unspecified atom stereocenters. The fourth-order valence-corrected chi connectivity index (χ4v) is 6.97. The standard InChI is InChI=1S/C34H36F2N6O2/c1-3-25-28(35)8-5-21-15-24(43)16-26(29(21)25)31-30(36)32-27(17-37-31)33(42-18-22-6-7-23(19-42)38-22)40-34(39-32)44-14-4-11-41-12-9-20(2)10-13-41/h1,5,8,15-17,20,22-23,38,43H,4,6-7,9-14,18-19H2,2H3. The molecule has 7 rings (SSSR count). The lowest BCUT2D eigenvalue weighted by molar-refractivity contribution is 0.175. The number of nitrogens with zero attached hydrogens (tertiary/aromatic N) is 5. The van der Waals surface area contributed by atoms with Crippen molar-refractivity contribution in [1.82, 2.24) is 25.2 Å². The molecule has 4 aromatic rings.